The van der Waals surface area contributed by atoms with Crippen molar-refractivity contribution in [2.24, 2.45) is 0 Å². The first-order chi connectivity index (χ1) is 9.61. The molecule has 7 heteroatoms. The lowest BCUT2D eigenvalue weighted by atomic mass is 10.2. The second-order valence-corrected chi connectivity index (χ2v) is 4.43. The molecule has 0 aliphatic carbocycles. The van der Waals surface area contributed by atoms with E-state index in [1.807, 2.05) is 12.1 Å². The maximum atomic E-state index is 10.9. The maximum Gasteiger partial charge on any atom is 0.343 e. The van der Waals surface area contributed by atoms with Gasteiger partial charge in [0.05, 0.1) is 6.61 Å². The first-order valence-electron chi connectivity index (χ1n) is 5.86. The summed E-state index contributed by atoms with van der Waals surface area (Å²) >= 11 is 5.88. The van der Waals surface area contributed by atoms with Gasteiger partial charge in [0.25, 0.3) is 0 Å². The van der Waals surface area contributed by atoms with E-state index in [0.29, 0.717) is 10.8 Å². The number of benzene rings is 1. The van der Waals surface area contributed by atoms with Crippen LogP contribution < -0.4 is 0 Å². The summed E-state index contributed by atoms with van der Waals surface area (Å²) in [7, 11) is 0. The molecule has 0 unspecified atom stereocenters. The Morgan fingerprint density at radius 2 is 2.25 bits per heavy atom. The SMILES string of the molecule is O=[N+]([O-])c1cnc(/C=C/c2cccc(Cl)c2)n1CCO. The highest BCUT2D eigenvalue weighted by Gasteiger charge is 2.17. The number of hydrogen-bond acceptors (Lipinski definition) is 4. The summed E-state index contributed by atoms with van der Waals surface area (Å²) in [5.74, 6) is 0.260. The topological polar surface area (TPSA) is 81.2 Å². The van der Waals surface area contributed by atoms with Crippen LogP contribution in [0.15, 0.2) is 30.5 Å². The fourth-order valence-corrected chi connectivity index (χ4v) is 1.97. The third kappa shape index (κ3) is 3.23. The van der Waals surface area contributed by atoms with Crippen LogP contribution in [0.4, 0.5) is 5.82 Å². The number of nitrogens with zero attached hydrogens (tertiary/aromatic N) is 3. The molecule has 1 heterocycles. The average molecular weight is 294 g/mol. The van der Waals surface area contributed by atoms with E-state index in [-0.39, 0.29) is 19.0 Å². The maximum absolute atomic E-state index is 10.9. The number of rotatable bonds is 5. The third-order valence-electron chi connectivity index (χ3n) is 2.65. The van der Waals surface area contributed by atoms with E-state index in [0.717, 1.165) is 5.56 Å². The van der Waals surface area contributed by atoms with Crippen molar-refractivity contribution >= 4 is 29.6 Å². The van der Waals surface area contributed by atoms with Gasteiger partial charge in [-0.25, -0.2) is 9.55 Å². The lowest BCUT2D eigenvalue weighted by molar-refractivity contribution is -0.392. The summed E-state index contributed by atoms with van der Waals surface area (Å²) in [6.45, 7) is -0.0826. The molecule has 0 atom stereocenters. The van der Waals surface area contributed by atoms with Crippen LogP contribution in [-0.2, 0) is 6.54 Å². The highest BCUT2D eigenvalue weighted by atomic mass is 35.5. The van der Waals surface area contributed by atoms with Crippen LogP contribution in [0.2, 0.25) is 5.02 Å². The molecule has 1 aromatic carbocycles. The minimum atomic E-state index is -0.528. The summed E-state index contributed by atoms with van der Waals surface area (Å²) in [5.41, 5.74) is 0.860. The molecule has 0 saturated heterocycles. The van der Waals surface area contributed by atoms with Gasteiger partial charge in [0.2, 0.25) is 5.82 Å². The monoisotopic (exact) mass is 293 g/mol. The van der Waals surface area contributed by atoms with E-state index < -0.39 is 4.92 Å². The number of nitro groups is 1. The van der Waals surface area contributed by atoms with Gasteiger partial charge in [0, 0.05) is 11.1 Å². The second-order valence-electron chi connectivity index (χ2n) is 4.00. The summed E-state index contributed by atoms with van der Waals surface area (Å²) in [5, 5.41) is 20.4. The number of halogens is 1. The van der Waals surface area contributed by atoms with Crippen molar-refractivity contribution in [1.29, 1.82) is 0 Å². The molecule has 104 valence electrons. The minimum absolute atomic E-state index is 0.117. The molecular formula is C13H12ClN3O3. The van der Waals surface area contributed by atoms with Gasteiger partial charge >= 0.3 is 5.82 Å². The van der Waals surface area contributed by atoms with E-state index in [1.54, 1.807) is 24.3 Å². The molecule has 0 radical (unpaired) electrons. The molecule has 0 aliphatic heterocycles. The predicted molar refractivity (Wildman–Crippen MR) is 76.3 cm³/mol. The number of imidazole rings is 1. The number of aliphatic hydroxyl groups excluding tert-OH is 1. The molecule has 2 rings (SSSR count). The van der Waals surface area contributed by atoms with Crippen molar-refractivity contribution in [2.45, 2.75) is 6.54 Å². The molecular weight excluding hydrogens is 282 g/mol. The number of aliphatic hydroxyl groups is 1. The Morgan fingerprint density at radius 1 is 1.45 bits per heavy atom. The molecule has 0 bridgehead atoms. The van der Waals surface area contributed by atoms with Crippen LogP contribution in [0.1, 0.15) is 11.4 Å². The Balaban J connectivity index is 2.31. The fourth-order valence-electron chi connectivity index (χ4n) is 1.77. The van der Waals surface area contributed by atoms with E-state index in [4.69, 9.17) is 16.7 Å². The molecule has 0 aliphatic rings. The molecule has 6 nitrogen and oxygen atoms in total. The van der Waals surface area contributed by atoms with E-state index in [1.165, 1.54) is 10.8 Å². The largest absolute Gasteiger partial charge is 0.392 e. The Kier molecular flexibility index (Phi) is 4.49. The van der Waals surface area contributed by atoms with Crippen LogP contribution in [0.5, 0.6) is 0 Å². The molecule has 2 aromatic rings. The normalized spacial score (nSPS) is 11.1. The van der Waals surface area contributed by atoms with Crippen LogP contribution in [0.25, 0.3) is 12.2 Å². The van der Waals surface area contributed by atoms with Crippen LogP contribution in [0.3, 0.4) is 0 Å². The van der Waals surface area contributed by atoms with Crippen molar-refractivity contribution in [2.75, 3.05) is 6.61 Å². The van der Waals surface area contributed by atoms with Crippen molar-refractivity contribution < 1.29 is 10.0 Å². The lowest BCUT2D eigenvalue weighted by Crippen LogP contribution is -2.07. The first-order valence-corrected chi connectivity index (χ1v) is 6.24. The van der Waals surface area contributed by atoms with Crippen LogP contribution in [0, 0.1) is 10.1 Å². The fraction of sp³-hybridized carbons (Fsp3) is 0.154. The zero-order valence-electron chi connectivity index (χ0n) is 10.4. The molecule has 0 saturated carbocycles. The van der Waals surface area contributed by atoms with Crippen molar-refractivity contribution in [3.05, 3.63) is 57.0 Å². The predicted octanol–water partition coefficient (Wildman–Crippen LogP) is 2.61. The van der Waals surface area contributed by atoms with E-state index >= 15 is 0 Å². The number of aromatic nitrogens is 2. The average Bonchev–Trinajstić information content (AvgIpc) is 2.80. The van der Waals surface area contributed by atoms with Crippen LogP contribution >= 0.6 is 11.6 Å². The van der Waals surface area contributed by atoms with Gasteiger partial charge in [-0.15, -0.1) is 0 Å². The summed E-state index contributed by atoms with van der Waals surface area (Å²) < 4.78 is 1.35. The smallest absolute Gasteiger partial charge is 0.343 e. The van der Waals surface area contributed by atoms with Crippen molar-refractivity contribution in [1.82, 2.24) is 9.55 Å². The first kappa shape index (κ1) is 14.2. The Bertz CT molecular complexity index is 652. The van der Waals surface area contributed by atoms with Gasteiger partial charge in [-0.3, -0.25) is 0 Å². The highest BCUT2D eigenvalue weighted by Crippen LogP contribution is 2.17. The van der Waals surface area contributed by atoms with E-state index in [9.17, 15) is 10.1 Å². The number of hydrogen-bond donors (Lipinski definition) is 1. The van der Waals surface area contributed by atoms with Gasteiger partial charge in [-0.1, -0.05) is 23.7 Å². The second kappa shape index (κ2) is 6.31. The molecule has 0 amide bonds. The van der Waals surface area contributed by atoms with Gasteiger partial charge in [0.1, 0.15) is 12.7 Å². The van der Waals surface area contributed by atoms with Gasteiger partial charge in [-0.2, -0.15) is 0 Å². The molecule has 0 spiro atoms. The van der Waals surface area contributed by atoms with Crippen molar-refractivity contribution in [3.8, 4) is 0 Å². The van der Waals surface area contributed by atoms with Gasteiger partial charge in [-0.05, 0) is 28.7 Å². The molecule has 0 fully saturated rings. The summed E-state index contributed by atoms with van der Waals surface area (Å²) in [6, 6.07) is 7.20. The minimum Gasteiger partial charge on any atom is -0.392 e. The molecule has 1 N–H and O–H groups in total. The molecule has 20 heavy (non-hydrogen) atoms. The summed E-state index contributed by atoms with van der Waals surface area (Å²) in [4.78, 5) is 14.3. The van der Waals surface area contributed by atoms with Gasteiger partial charge < -0.3 is 15.2 Å². The summed E-state index contributed by atoms with van der Waals surface area (Å²) in [6.07, 6.45) is 4.58. The van der Waals surface area contributed by atoms with Crippen molar-refractivity contribution in [3.63, 3.8) is 0 Å². The van der Waals surface area contributed by atoms with E-state index in [2.05, 4.69) is 4.98 Å². The third-order valence-corrected chi connectivity index (χ3v) is 2.88. The Hall–Kier alpha value is -2.18. The van der Waals surface area contributed by atoms with Crippen LogP contribution in [-0.4, -0.2) is 26.2 Å². The molecule has 1 aromatic heterocycles. The zero-order valence-corrected chi connectivity index (χ0v) is 11.2. The lowest BCUT2D eigenvalue weighted by Gasteiger charge is -2.00. The highest BCUT2D eigenvalue weighted by molar-refractivity contribution is 6.30. The standard InChI is InChI=1S/C13H12ClN3O3/c14-11-3-1-2-10(8-11)4-5-12-15-9-13(17(19)20)16(12)6-7-18/h1-5,8-9,18H,6-7H2/b5-4+. The quantitative estimate of drug-likeness (QED) is 0.678. The Morgan fingerprint density at radius 3 is 2.90 bits per heavy atom. The zero-order chi connectivity index (χ0) is 14.5. The Labute approximate surface area is 120 Å². The van der Waals surface area contributed by atoms with Gasteiger partial charge in [0.15, 0.2) is 0 Å².